The van der Waals surface area contributed by atoms with Gasteiger partial charge in [0.25, 0.3) is 6.08 Å². The maximum atomic E-state index is 10.8. The van der Waals surface area contributed by atoms with Gasteiger partial charge in [-0.25, -0.2) is 0 Å². The van der Waals surface area contributed by atoms with Gasteiger partial charge in [0.1, 0.15) is 0 Å². The van der Waals surface area contributed by atoms with Crippen LogP contribution < -0.4 is 0 Å². The maximum Gasteiger partial charge on any atom is 0.414 e. The lowest BCUT2D eigenvalue weighted by atomic mass is 10.6. The normalized spacial score (nSPS) is 9.50. The van der Waals surface area contributed by atoms with Gasteiger partial charge in [-0.2, -0.15) is 22.0 Å². The zero-order valence-corrected chi connectivity index (χ0v) is 8.54. The molecule has 0 N–H and O–H groups in total. The Morgan fingerprint density at radius 1 is 1.10 bits per heavy atom. The second kappa shape index (κ2) is 6.55. The molecule has 0 rings (SSSR count). The van der Waals surface area contributed by atoms with Crippen LogP contribution in [-0.2, 0) is 0 Å². The summed E-state index contributed by atoms with van der Waals surface area (Å²) in [6, 6.07) is 0. The molecule has 0 nitrogen and oxygen atoms in total. The van der Waals surface area contributed by atoms with Crippen molar-refractivity contribution in [3.8, 4) is 0 Å². The van der Waals surface area contributed by atoms with Gasteiger partial charge in [-0.05, 0) is 0 Å². The molecule has 0 aromatic rings. The number of hydrogen-bond donors (Lipinski definition) is 0. The van der Waals surface area contributed by atoms with Crippen molar-refractivity contribution in [2.45, 2.75) is 6.18 Å². The first-order chi connectivity index (χ1) is 4.42. The van der Waals surface area contributed by atoms with Crippen molar-refractivity contribution in [3.05, 3.63) is 12.2 Å². The van der Waals surface area contributed by atoms with E-state index in [-0.39, 0.29) is 0 Å². The topological polar surface area (TPSA) is 0 Å². The highest BCUT2D eigenvalue weighted by Crippen LogP contribution is 2.19. The summed E-state index contributed by atoms with van der Waals surface area (Å²) in [6.07, 6.45) is -8.68. The molecule has 0 aromatic carbocycles. The highest BCUT2D eigenvalue weighted by molar-refractivity contribution is 15.0. The first-order valence-corrected chi connectivity index (χ1v) is 7.95. The van der Waals surface area contributed by atoms with Gasteiger partial charge in [0.15, 0.2) is 0 Å². The molecule has 0 spiro atoms. The smallest absolute Gasteiger partial charge is 0.173 e. The van der Waals surface area contributed by atoms with Crippen LogP contribution in [0.1, 0.15) is 0 Å². The summed E-state index contributed by atoms with van der Waals surface area (Å²) < 4.78 is 53.6. The molecule has 0 aliphatic heterocycles. The summed E-state index contributed by atoms with van der Waals surface area (Å²) in [4.78, 5) is 0. The van der Waals surface area contributed by atoms with Crippen molar-refractivity contribution in [2.24, 2.45) is 0 Å². The lowest BCUT2D eigenvalue weighted by molar-refractivity contribution is -0.0826. The Hall–Kier alpha value is 0.850. The SMILES string of the molecule is FC(F)=CC(F)(F)F.II. The summed E-state index contributed by atoms with van der Waals surface area (Å²) in [5, 5.41) is 0. The van der Waals surface area contributed by atoms with Crippen LogP contribution in [0.4, 0.5) is 22.0 Å². The highest BCUT2D eigenvalue weighted by Gasteiger charge is 2.24. The third-order valence-electron chi connectivity index (χ3n) is 0.273. The Bertz CT molecular complexity index is 102. The minimum Gasteiger partial charge on any atom is -0.173 e. The van der Waals surface area contributed by atoms with Gasteiger partial charge in [0, 0.05) is 37.2 Å². The Kier molecular flexibility index (Phi) is 8.81. The number of allylic oxidation sites excluding steroid dienone is 1. The molecule has 0 amide bonds. The molecular formula is C3HF5I2. The molecule has 0 atom stereocenters. The van der Waals surface area contributed by atoms with Crippen molar-refractivity contribution >= 4 is 37.2 Å². The number of rotatable bonds is 0. The molecule has 62 valence electrons. The van der Waals surface area contributed by atoms with E-state index in [0.29, 0.717) is 0 Å². The van der Waals surface area contributed by atoms with E-state index in [1.54, 1.807) is 0 Å². The molecule has 0 aliphatic rings. The summed E-state index contributed by atoms with van der Waals surface area (Å²) in [6.45, 7) is 0. The average molecular weight is 386 g/mol. The molecular weight excluding hydrogens is 385 g/mol. The standard InChI is InChI=1S/C3HF5.I2/c4-2(5)1-3(6,7)8;1-2/h1H;. The van der Waals surface area contributed by atoms with Crippen molar-refractivity contribution in [2.75, 3.05) is 0 Å². The van der Waals surface area contributed by atoms with Crippen LogP contribution in [0, 0.1) is 0 Å². The first kappa shape index (κ1) is 13.4. The Morgan fingerprint density at radius 2 is 1.40 bits per heavy atom. The van der Waals surface area contributed by atoms with E-state index >= 15 is 0 Å². The summed E-state index contributed by atoms with van der Waals surface area (Å²) in [5.41, 5.74) is 0. The van der Waals surface area contributed by atoms with E-state index in [4.69, 9.17) is 0 Å². The van der Waals surface area contributed by atoms with Gasteiger partial charge >= 0.3 is 6.18 Å². The van der Waals surface area contributed by atoms with Crippen LogP contribution in [0.25, 0.3) is 0 Å². The minimum absolute atomic E-state index is 1.06. The molecule has 0 heterocycles. The fraction of sp³-hybridized carbons (Fsp3) is 0.333. The summed E-state index contributed by atoms with van der Waals surface area (Å²) in [5.74, 6) is 0. The number of alkyl halides is 3. The average Bonchev–Trinajstić information content (AvgIpc) is 1.64. The first-order valence-electron chi connectivity index (χ1n) is 1.67. The highest BCUT2D eigenvalue weighted by atomic mass is 128. The van der Waals surface area contributed by atoms with Gasteiger partial charge in [-0.1, -0.05) is 0 Å². The number of hydrogen-bond acceptors (Lipinski definition) is 0. The van der Waals surface area contributed by atoms with E-state index in [1.165, 1.54) is 0 Å². The van der Waals surface area contributed by atoms with E-state index in [0.717, 1.165) is 0 Å². The van der Waals surface area contributed by atoms with Crippen molar-refractivity contribution in [3.63, 3.8) is 0 Å². The largest absolute Gasteiger partial charge is 0.414 e. The monoisotopic (exact) mass is 386 g/mol. The maximum absolute atomic E-state index is 10.8. The van der Waals surface area contributed by atoms with Gasteiger partial charge in [-0.15, -0.1) is 0 Å². The van der Waals surface area contributed by atoms with Crippen LogP contribution in [0.2, 0.25) is 0 Å². The molecule has 0 unspecified atom stereocenters. The predicted octanol–water partition coefficient (Wildman–Crippen LogP) is 4.10. The van der Waals surface area contributed by atoms with Gasteiger partial charge in [0.2, 0.25) is 0 Å². The quantitative estimate of drug-likeness (QED) is 0.435. The molecule has 7 heteroatoms. The zero-order valence-electron chi connectivity index (χ0n) is 4.22. The molecule has 0 saturated heterocycles. The zero-order chi connectivity index (χ0) is 8.78. The fourth-order valence-corrected chi connectivity index (χ4v) is 0.124. The van der Waals surface area contributed by atoms with Crippen LogP contribution in [-0.4, -0.2) is 6.18 Å². The van der Waals surface area contributed by atoms with Crippen molar-refractivity contribution < 1.29 is 22.0 Å². The lowest BCUT2D eigenvalue weighted by Crippen LogP contribution is -2.00. The van der Waals surface area contributed by atoms with Crippen molar-refractivity contribution in [1.29, 1.82) is 0 Å². The van der Waals surface area contributed by atoms with Crippen LogP contribution in [0.15, 0.2) is 12.2 Å². The van der Waals surface area contributed by atoms with Gasteiger partial charge in [-0.3, -0.25) is 0 Å². The fourth-order valence-electron chi connectivity index (χ4n) is 0.124. The Balaban J connectivity index is 0. The van der Waals surface area contributed by atoms with Gasteiger partial charge in [0.05, 0.1) is 6.08 Å². The van der Waals surface area contributed by atoms with E-state index in [1.807, 2.05) is 0 Å². The molecule has 0 radical (unpaired) electrons. The lowest BCUT2D eigenvalue weighted by Gasteiger charge is -1.93. The molecule has 0 fully saturated rings. The molecule has 0 aromatic heterocycles. The predicted molar refractivity (Wildman–Crippen MR) is 44.4 cm³/mol. The summed E-state index contributed by atoms with van der Waals surface area (Å²) in [7, 11) is 0. The van der Waals surface area contributed by atoms with Crippen LogP contribution in [0.5, 0.6) is 0 Å². The van der Waals surface area contributed by atoms with Gasteiger partial charge < -0.3 is 0 Å². The van der Waals surface area contributed by atoms with Crippen molar-refractivity contribution in [1.82, 2.24) is 0 Å². The Morgan fingerprint density at radius 3 is 1.40 bits per heavy atom. The number of halogens is 7. The third kappa shape index (κ3) is 15.9. The van der Waals surface area contributed by atoms with Crippen LogP contribution in [0.3, 0.4) is 0 Å². The second-order valence-electron chi connectivity index (χ2n) is 0.976. The van der Waals surface area contributed by atoms with E-state index in [2.05, 4.69) is 37.2 Å². The summed E-state index contributed by atoms with van der Waals surface area (Å²) >= 11 is 4.24. The Labute approximate surface area is 77.2 Å². The van der Waals surface area contributed by atoms with E-state index in [9.17, 15) is 22.0 Å². The molecule has 0 aliphatic carbocycles. The molecule has 0 saturated carbocycles. The molecule has 10 heavy (non-hydrogen) atoms. The third-order valence-corrected chi connectivity index (χ3v) is 0.273. The second-order valence-corrected chi connectivity index (χ2v) is 0.976. The van der Waals surface area contributed by atoms with Crippen LogP contribution >= 0.6 is 37.2 Å². The molecule has 0 bridgehead atoms. The van der Waals surface area contributed by atoms with E-state index < -0.39 is 18.3 Å². The minimum atomic E-state index is -4.89.